The fourth-order valence-corrected chi connectivity index (χ4v) is 2.80. The second kappa shape index (κ2) is 5.77. The molecule has 24 heavy (non-hydrogen) atoms. The van der Waals surface area contributed by atoms with Crippen molar-refractivity contribution in [3.05, 3.63) is 75.8 Å². The van der Waals surface area contributed by atoms with Gasteiger partial charge in [-0.15, -0.1) is 0 Å². The molecule has 1 unspecified atom stereocenters. The molecule has 1 aliphatic rings. The van der Waals surface area contributed by atoms with Crippen LogP contribution in [0.5, 0.6) is 0 Å². The molecule has 7 nitrogen and oxygen atoms in total. The van der Waals surface area contributed by atoms with Crippen LogP contribution >= 0.6 is 0 Å². The van der Waals surface area contributed by atoms with Gasteiger partial charge in [0.2, 0.25) is 0 Å². The molecule has 1 aliphatic heterocycles. The number of nitro groups is 1. The number of nitrogens with zero attached hydrogens (tertiary/aromatic N) is 2. The van der Waals surface area contributed by atoms with E-state index in [2.05, 4.69) is 5.32 Å². The lowest BCUT2D eigenvalue weighted by Crippen LogP contribution is -2.40. The third kappa shape index (κ3) is 2.50. The smallest absolute Gasteiger partial charge is 0.319 e. The van der Waals surface area contributed by atoms with Crippen molar-refractivity contribution < 1.29 is 14.5 Å². The lowest BCUT2D eigenvalue weighted by atomic mass is 9.92. The van der Waals surface area contributed by atoms with E-state index in [-0.39, 0.29) is 12.2 Å². The number of benzene rings is 2. The van der Waals surface area contributed by atoms with Crippen molar-refractivity contribution in [3.8, 4) is 0 Å². The van der Waals surface area contributed by atoms with Gasteiger partial charge in [-0.2, -0.15) is 0 Å². The summed E-state index contributed by atoms with van der Waals surface area (Å²) in [4.78, 5) is 36.7. The number of rotatable bonds is 4. The Kier molecular flexibility index (Phi) is 3.76. The van der Waals surface area contributed by atoms with E-state index in [0.717, 1.165) is 4.90 Å². The van der Waals surface area contributed by atoms with E-state index in [0.29, 0.717) is 11.1 Å². The van der Waals surface area contributed by atoms with Crippen LogP contribution < -0.4 is 5.32 Å². The minimum atomic E-state index is -1.18. The highest BCUT2D eigenvalue weighted by atomic mass is 16.6. The molecule has 3 amide bonds. The highest BCUT2D eigenvalue weighted by Gasteiger charge is 2.49. The third-order valence-electron chi connectivity index (χ3n) is 4.14. The van der Waals surface area contributed by atoms with E-state index in [4.69, 9.17) is 0 Å². The normalized spacial score (nSPS) is 20.1. The summed E-state index contributed by atoms with van der Waals surface area (Å²) in [7, 11) is 0. The fourth-order valence-electron chi connectivity index (χ4n) is 2.80. The van der Waals surface area contributed by atoms with Crippen LogP contribution in [0.4, 0.5) is 10.5 Å². The highest BCUT2D eigenvalue weighted by molar-refractivity contribution is 6.07. The average molecular weight is 325 g/mol. The number of carbonyl (C=O) groups is 2. The number of hydrogen-bond donors (Lipinski definition) is 1. The van der Waals surface area contributed by atoms with E-state index in [1.807, 2.05) is 6.07 Å². The minimum absolute atomic E-state index is 0.119. The van der Waals surface area contributed by atoms with Gasteiger partial charge in [0.05, 0.1) is 11.5 Å². The van der Waals surface area contributed by atoms with Crippen LogP contribution in [0.2, 0.25) is 0 Å². The van der Waals surface area contributed by atoms with Crippen molar-refractivity contribution in [2.75, 3.05) is 0 Å². The van der Waals surface area contributed by atoms with Gasteiger partial charge < -0.3 is 5.32 Å². The molecule has 0 spiro atoms. The van der Waals surface area contributed by atoms with Gasteiger partial charge in [-0.1, -0.05) is 48.5 Å². The Bertz CT molecular complexity index is 822. The Hall–Kier alpha value is -3.22. The Morgan fingerprint density at radius 2 is 1.71 bits per heavy atom. The summed E-state index contributed by atoms with van der Waals surface area (Å²) < 4.78 is 0. The number of para-hydroxylation sites is 1. The first-order valence-electron chi connectivity index (χ1n) is 7.35. The first-order chi connectivity index (χ1) is 11.4. The molecular formula is C17H15N3O4. The molecule has 0 aromatic heterocycles. The summed E-state index contributed by atoms with van der Waals surface area (Å²) in [5.74, 6) is -0.433. The number of carbonyl (C=O) groups excluding carboxylic acids is 2. The van der Waals surface area contributed by atoms with Gasteiger partial charge in [0.25, 0.3) is 11.6 Å². The van der Waals surface area contributed by atoms with Crippen molar-refractivity contribution in [2.45, 2.75) is 19.0 Å². The Morgan fingerprint density at radius 1 is 1.08 bits per heavy atom. The Morgan fingerprint density at radius 3 is 2.38 bits per heavy atom. The summed E-state index contributed by atoms with van der Waals surface area (Å²) in [5.41, 5.74) is -0.329. The third-order valence-corrected chi connectivity index (χ3v) is 4.14. The van der Waals surface area contributed by atoms with E-state index in [9.17, 15) is 19.7 Å². The molecule has 1 fully saturated rings. The van der Waals surface area contributed by atoms with E-state index >= 15 is 0 Å². The van der Waals surface area contributed by atoms with Crippen molar-refractivity contribution in [1.82, 2.24) is 10.2 Å². The molecule has 0 radical (unpaired) electrons. The van der Waals surface area contributed by atoms with Crippen LogP contribution in [0, 0.1) is 10.1 Å². The van der Waals surface area contributed by atoms with Crippen molar-refractivity contribution in [2.24, 2.45) is 0 Å². The van der Waals surface area contributed by atoms with E-state index in [1.54, 1.807) is 43.3 Å². The van der Waals surface area contributed by atoms with Gasteiger partial charge in [-0.3, -0.25) is 19.8 Å². The van der Waals surface area contributed by atoms with Crippen LogP contribution in [0.1, 0.15) is 18.1 Å². The maximum Gasteiger partial charge on any atom is 0.325 e. The number of hydrogen-bond acceptors (Lipinski definition) is 4. The van der Waals surface area contributed by atoms with Crippen LogP contribution in [0.25, 0.3) is 0 Å². The Labute approximate surface area is 138 Å². The molecule has 0 bridgehead atoms. The number of nitro benzene ring substituents is 1. The molecule has 7 heteroatoms. The van der Waals surface area contributed by atoms with Crippen molar-refractivity contribution >= 4 is 17.6 Å². The maximum atomic E-state index is 12.8. The SMILES string of the molecule is CC1(c2ccccc2)NC(=O)N(Cc2ccccc2[N+](=O)[O-])C1=O. The fraction of sp³-hybridized carbons (Fsp3) is 0.176. The molecule has 2 aromatic carbocycles. The molecule has 1 atom stereocenters. The first kappa shape index (κ1) is 15.7. The molecule has 1 heterocycles. The standard InChI is InChI=1S/C17H15N3O4/c1-17(13-8-3-2-4-9-13)15(21)19(16(22)18-17)11-12-7-5-6-10-14(12)20(23)24/h2-10H,11H2,1H3,(H,18,22). The number of urea groups is 1. The zero-order valence-electron chi connectivity index (χ0n) is 12.9. The van der Waals surface area contributed by atoms with Crippen LogP contribution in [-0.2, 0) is 16.9 Å². The van der Waals surface area contributed by atoms with E-state index < -0.39 is 22.4 Å². The predicted molar refractivity (Wildman–Crippen MR) is 86.0 cm³/mol. The second-order valence-electron chi connectivity index (χ2n) is 5.70. The lowest BCUT2D eigenvalue weighted by molar-refractivity contribution is -0.385. The van der Waals surface area contributed by atoms with Crippen LogP contribution in [0.15, 0.2) is 54.6 Å². The lowest BCUT2D eigenvalue weighted by Gasteiger charge is -2.22. The number of amides is 3. The zero-order chi connectivity index (χ0) is 17.3. The Balaban J connectivity index is 1.93. The summed E-state index contributed by atoms with van der Waals surface area (Å²) in [5, 5.41) is 13.8. The van der Waals surface area contributed by atoms with Gasteiger partial charge >= 0.3 is 6.03 Å². The quantitative estimate of drug-likeness (QED) is 0.531. The van der Waals surface area contributed by atoms with Crippen LogP contribution in [-0.4, -0.2) is 21.8 Å². The zero-order valence-corrected chi connectivity index (χ0v) is 12.9. The second-order valence-corrected chi connectivity index (χ2v) is 5.70. The topological polar surface area (TPSA) is 92.6 Å². The van der Waals surface area contributed by atoms with Gasteiger partial charge in [0, 0.05) is 11.6 Å². The van der Waals surface area contributed by atoms with Gasteiger partial charge in [-0.25, -0.2) is 4.79 Å². The summed E-state index contributed by atoms with van der Waals surface area (Å²) in [6.07, 6.45) is 0. The highest BCUT2D eigenvalue weighted by Crippen LogP contribution is 2.30. The van der Waals surface area contributed by atoms with Crippen molar-refractivity contribution in [1.29, 1.82) is 0 Å². The summed E-state index contributed by atoms with van der Waals surface area (Å²) in [6.45, 7) is 1.48. The number of imide groups is 1. The molecule has 0 aliphatic carbocycles. The monoisotopic (exact) mass is 325 g/mol. The molecule has 1 saturated heterocycles. The van der Waals surface area contributed by atoms with Gasteiger partial charge in [0.1, 0.15) is 5.54 Å². The van der Waals surface area contributed by atoms with Gasteiger partial charge in [-0.05, 0) is 12.5 Å². The molecule has 1 N–H and O–H groups in total. The van der Waals surface area contributed by atoms with Crippen molar-refractivity contribution in [3.63, 3.8) is 0 Å². The van der Waals surface area contributed by atoms with E-state index in [1.165, 1.54) is 12.1 Å². The average Bonchev–Trinajstić information content (AvgIpc) is 2.80. The predicted octanol–water partition coefficient (Wildman–Crippen LogP) is 2.56. The molecule has 122 valence electrons. The summed E-state index contributed by atoms with van der Waals surface area (Å²) >= 11 is 0. The maximum absolute atomic E-state index is 12.8. The summed E-state index contributed by atoms with van der Waals surface area (Å²) in [6, 6.07) is 14.4. The first-order valence-corrected chi connectivity index (χ1v) is 7.35. The molecule has 3 rings (SSSR count). The van der Waals surface area contributed by atoms with Crippen LogP contribution in [0.3, 0.4) is 0 Å². The molecule has 0 saturated carbocycles. The minimum Gasteiger partial charge on any atom is -0.319 e. The largest absolute Gasteiger partial charge is 0.325 e. The molecule has 2 aromatic rings. The van der Waals surface area contributed by atoms with Gasteiger partial charge in [0.15, 0.2) is 0 Å². The molecular weight excluding hydrogens is 310 g/mol. The number of nitrogens with one attached hydrogen (secondary N) is 1.